The Morgan fingerprint density at radius 3 is 2.50 bits per heavy atom. The Balaban J connectivity index is 1.65. The van der Waals surface area contributed by atoms with Crippen LogP contribution in [0.1, 0.15) is 12.6 Å². The van der Waals surface area contributed by atoms with Crippen LogP contribution in [0, 0.1) is 0 Å². The quantitative estimate of drug-likeness (QED) is 0.428. The highest BCUT2D eigenvalue weighted by Gasteiger charge is 2.32. The lowest BCUT2D eigenvalue weighted by molar-refractivity contribution is -0.122. The third-order valence-corrected chi connectivity index (χ3v) is 6.20. The van der Waals surface area contributed by atoms with Crippen LogP contribution in [-0.2, 0) is 4.79 Å². The normalized spacial score (nSPS) is 16.6. The standard InChI is InChI=1S/C23H20BrN3O2S/c1-3-26-22(28)21(30-23(26)25-17-8-12-20(29-2)13-9-17)15-19-5-4-14-27(19)18-10-6-16(24)7-11-18/h4-15H,3H2,1-2H3/b21-15+,25-23?. The first kappa shape index (κ1) is 20.5. The fourth-order valence-corrected chi connectivity index (χ4v) is 4.43. The summed E-state index contributed by atoms with van der Waals surface area (Å²) in [6, 6.07) is 19.5. The molecule has 2 heterocycles. The molecule has 1 saturated heterocycles. The molecule has 0 N–H and O–H groups in total. The molecule has 152 valence electrons. The Bertz CT molecular complexity index is 1120. The van der Waals surface area contributed by atoms with E-state index in [-0.39, 0.29) is 5.91 Å². The number of aromatic nitrogens is 1. The molecule has 3 aromatic rings. The Morgan fingerprint density at radius 2 is 1.83 bits per heavy atom. The summed E-state index contributed by atoms with van der Waals surface area (Å²) in [6.45, 7) is 2.52. The van der Waals surface area contributed by atoms with Crippen molar-refractivity contribution in [1.82, 2.24) is 9.47 Å². The van der Waals surface area contributed by atoms with Crippen molar-refractivity contribution in [2.24, 2.45) is 4.99 Å². The van der Waals surface area contributed by atoms with E-state index in [0.29, 0.717) is 16.6 Å². The Kier molecular flexibility index (Phi) is 6.11. The van der Waals surface area contributed by atoms with Gasteiger partial charge in [0, 0.05) is 28.6 Å². The first-order chi connectivity index (χ1) is 14.6. The summed E-state index contributed by atoms with van der Waals surface area (Å²) in [7, 11) is 1.63. The molecule has 1 aliphatic heterocycles. The molecule has 0 saturated carbocycles. The van der Waals surface area contributed by atoms with Gasteiger partial charge in [-0.05, 0) is 85.4 Å². The van der Waals surface area contributed by atoms with E-state index in [0.717, 1.165) is 27.3 Å². The molecule has 5 nitrogen and oxygen atoms in total. The molecule has 1 aliphatic rings. The third-order valence-electron chi connectivity index (χ3n) is 4.67. The molecular formula is C23H20BrN3O2S. The zero-order valence-corrected chi connectivity index (χ0v) is 19.0. The van der Waals surface area contributed by atoms with Gasteiger partial charge in [0.25, 0.3) is 5.91 Å². The van der Waals surface area contributed by atoms with Gasteiger partial charge < -0.3 is 9.30 Å². The summed E-state index contributed by atoms with van der Waals surface area (Å²) in [5, 5.41) is 0.681. The molecule has 0 atom stereocenters. The van der Waals surface area contributed by atoms with Crippen molar-refractivity contribution in [3.05, 3.63) is 81.9 Å². The maximum atomic E-state index is 13.0. The van der Waals surface area contributed by atoms with Crippen molar-refractivity contribution in [3.8, 4) is 11.4 Å². The van der Waals surface area contributed by atoms with Crippen LogP contribution < -0.4 is 4.74 Å². The number of hydrogen-bond donors (Lipinski definition) is 0. The van der Waals surface area contributed by atoms with Crippen molar-refractivity contribution in [2.45, 2.75) is 6.92 Å². The summed E-state index contributed by atoms with van der Waals surface area (Å²) in [5.74, 6) is 0.744. The highest BCUT2D eigenvalue weighted by atomic mass is 79.9. The van der Waals surface area contributed by atoms with E-state index in [4.69, 9.17) is 4.74 Å². The molecule has 7 heteroatoms. The van der Waals surface area contributed by atoms with Crippen LogP contribution in [0.3, 0.4) is 0 Å². The number of amidine groups is 1. The topological polar surface area (TPSA) is 46.8 Å². The number of likely N-dealkylation sites (N-methyl/N-ethyl adjacent to an activating group) is 1. The number of benzene rings is 2. The van der Waals surface area contributed by atoms with Crippen molar-refractivity contribution in [2.75, 3.05) is 13.7 Å². The SMILES string of the molecule is CCN1C(=O)/C(=C\c2cccn2-c2ccc(Br)cc2)SC1=Nc1ccc(OC)cc1. The number of aliphatic imine (C=N–C) groups is 1. The number of nitrogens with zero attached hydrogens (tertiary/aromatic N) is 3. The Labute approximate surface area is 188 Å². The zero-order valence-electron chi connectivity index (χ0n) is 16.6. The average molecular weight is 482 g/mol. The van der Waals surface area contributed by atoms with Crippen molar-refractivity contribution in [3.63, 3.8) is 0 Å². The number of rotatable bonds is 5. The third kappa shape index (κ3) is 4.22. The van der Waals surface area contributed by atoms with E-state index in [9.17, 15) is 4.79 Å². The molecule has 2 aromatic carbocycles. The lowest BCUT2D eigenvalue weighted by atomic mass is 10.3. The number of carbonyl (C=O) groups excluding carboxylic acids is 1. The van der Waals surface area contributed by atoms with Gasteiger partial charge in [-0.2, -0.15) is 0 Å². The van der Waals surface area contributed by atoms with Gasteiger partial charge in [-0.1, -0.05) is 15.9 Å². The minimum atomic E-state index is -0.0293. The second kappa shape index (κ2) is 8.93. The van der Waals surface area contributed by atoms with E-state index in [2.05, 4.69) is 25.5 Å². The lowest BCUT2D eigenvalue weighted by Gasteiger charge is -2.12. The number of ether oxygens (including phenoxy) is 1. The maximum Gasteiger partial charge on any atom is 0.266 e. The molecule has 1 amide bonds. The van der Waals surface area contributed by atoms with Gasteiger partial charge in [0.05, 0.1) is 17.7 Å². The second-order valence-corrected chi connectivity index (χ2v) is 8.46. The molecule has 0 spiro atoms. The molecule has 1 fully saturated rings. The van der Waals surface area contributed by atoms with Gasteiger partial charge in [-0.3, -0.25) is 9.69 Å². The molecule has 0 unspecified atom stereocenters. The largest absolute Gasteiger partial charge is 0.497 e. The van der Waals surface area contributed by atoms with E-state index in [1.54, 1.807) is 12.0 Å². The number of halogens is 1. The smallest absolute Gasteiger partial charge is 0.266 e. The molecule has 0 bridgehead atoms. The van der Waals surface area contributed by atoms with Crippen LogP contribution in [0.15, 0.2) is 81.2 Å². The number of hydrogen-bond acceptors (Lipinski definition) is 4. The van der Waals surface area contributed by atoms with Gasteiger partial charge in [-0.25, -0.2) is 4.99 Å². The van der Waals surface area contributed by atoms with Gasteiger partial charge in [0.1, 0.15) is 5.75 Å². The Hall–Kier alpha value is -2.77. The molecule has 1 aromatic heterocycles. The van der Waals surface area contributed by atoms with E-state index < -0.39 is 0 Å². The zero-order chi connectivity index (χ0) is 21.1. The van der Waals surface area contributed by atoms with Crippen LogP contribution in [0.5, 0.6) is 5.75 Å². The van der Waals surface area contributed by atoms with Crippen molar-refractivity contribution >= 4 is 50.5 Å². The van der Waals surface area contributed by atoms with Gasteiger partial charge in [0.15, 0.2) is 5.17 Å². The van der Waals surface area contributed by atoms with Gasteiger partial charge in [0.2, 0.25) is 0 Å². The number of methoxy groups -OCH3 is 1. The molecule has 0 radical (unpaired) electrons. The monoisotopic (exact) mass is 481 g/mol. The summed E-state index contributed by atoms with van der Waals surface area (Å²) >= 11 is 4.86. The Morgan fingerprint density at radius 1 is 1.10 bits per heavy atom. The first-order valence-corrected chi connectivity index (χ1v) is 11.1. The average Bonchev–Trinajstić information content (AvgIpc) is 3.34. The number of thioether (sulfide) groups is 1. The fourth-order valence-electron chi connectivity index (χ4n) is 3.12. The van der Waals surface area contributed by atoms with Crippen molar-refractivity contribution < 1.29 is 9.53 Å². The van der Waals surface area contributed by atoms with E-state index in [1.165, 1.54) is 11.8 Å². The lowest BCUT2D eigenvalue weighted by Crippen LogP contribution is -2.28. The van der Waals surface area contributed by atoms with Crippen LogP contribution in [0.2, 0.25) is 0 Å². The van der Waals surface area contributed by atoms with E-state index >= 15 is 0 Å². The van der Waals surface area contributed by atoms with Crippen LogP contribution in [0.4, 0.5) is 5.69 Å². The maximum absolute atomic E-state index is 13.0. The van der Waals surface area contributed by atoms with Crippen LogP contribution in [-0.4, -0.2) is 34.2 Å². The highest BCUT2D eigenvalue weighted by Crippen LogP contribution is 2.34. The van der Waals surface area contributed by atoms with Gasteiger partial charge in [-0.15, -0.1) is 0 Å². The summed E-state index contributed by atoms with van der Waals surface area (Å²) in [5.41, 5.74) is 2.75. The summed E-state index contributed by atoms with van der Waals surface area (Å²) in [6.07, 6.45) is 3.91. The van der Waals surface area contributed by atoms with Crippen LogP contribution in [0.25, 0.3) is 11.8 Å². The summed E-state index contributed by atoms with van der Waals surface area (Å²) in [4.78, 5) is 20.0. The second-order valence-electron chi connectivity index (χ2n) is 6.53. The summed E-state index contributed by atoms with van der Waals surface area (Å²) < 4.78 is 8.28. The minimum Gasteiger partial charge on any atom is -0.497 e. The fraction of sp³-hybridized carbons (Fsp3) is 0.130. The number of amides is 1. The van der Waals surface area contributed by atoms with Crippen LogP contribution >= 0.6 is 27.7 Å². The minimum absolute atomic E-state index is 0.0293. The van der Waals surface area contributed by atoms with Gasteiger partial charge >= 0.3 is 0 Å². The molecule has 30 heavy (non-hydrogen) atoms. The molecule has 0 aliphatic carbocycles. The predicted molar refractivity (Wildman–Crippen MR) is 127 cm³/mol. The van der Waals surface area contributed by atoms with Crippen molar-refractivity contribution in [1.29, 1.82) is 0 Å². The molecular weight excluding hydrogens is 462 g/mol. The highest BCUT2D eigenvalue weighted by molar-refractivity contribution is 9.10. The molecule has 4 rings (SSSR count). The predicted octanol–water partition coefficient (Wildman–Crippen LogP) is 5.87. The van der Waals surface area contributed by atoms with E-state index in [1.807, 2.05) is 79.9 Å². The first-order valence-electron chi connectivity index (χ1n) is 9.46. The number of carbonyl (C=O) groups is 1.